The number of nitrogens with zero attached hydrogens (tertiary/aromatic N) is 1. The number of hydrazone groups is 1. The summed E-state index contributed by atoms with van der Waals surface area (Å²) < 4.78 is 0. The molecule has 0 radical (unpaired) electrons. The number of hydrogen-bond donors (Lipinski definition) is 1. The van der Waals surface area contributed by atoms with Gasteiger partial charge in [-0.2, -0.15) is 5.10 Å². The molecule has 21 heavy (non-hydrogen) atoms. The van der Waals surface area contributed by atoms with Crippen LogP contribution in [0.3, 0.4) is 0 Å². The highest BCUT2D eigenvalue weighted by atomic mass is 15.1. The average molecular weight is 282 g/mol. The zero-order chi connectivity index (χ0) is 15.7. The van der Waals surface area contributed by atoms with Gasteiger partial charge in [-0.25, -0.2) is 0 Å². The summed E-state index contributed by atoms with van der Waals surface area (Å²) in [5.41, 5.74) is 4.43. The first-order valence-corrected chi connectivity index (χ1v) is 7.46. The quantitative estimate of drug-likeness (QED) is 0.327. The monoisotopic (exact) mass is 282 g/mol. The Kier molecular flexibility index (Phi) is 7.24. The zero-order valence-corrected chi connectivity index (χ0v) is 13.3. The topological polar surface area (TPSA) is 38.4 Å². The molecule has 0 aromatic heterocycles. The normalized spacial score (nSPS) is 14.4. The lowest BCUT2D eigenvalue weighted by molar-refractivity contribution is 0.774. The molecule has 1 atom stereocenters. The molecule has 0 spiro atoms. The van der Waals surface area contributed by atoms with Crippen LogP contribution < -0.4 is 5.84 Å². The fourth-order valence-electron chi connectivity index (χ4n) is 2.28. The van der Waals surface area contributed by atoms with E-state index in [0.717, 1.165) is 24.1 Å². The summed E-state index contributed by atoms with van der Waals surface area (Å²) in [5.74, 6) is 5.88. The number of allylic oxidation sites excluding steroid dienone is 5. The van der Waals surface area contributed by atoms with Crippen LogP contribution in [0.25, 0.3) is 5.57 Å². The molecule has 0 aliphatic carbocycles. The van der Waals surface area contributed by atoms with Gasteiger partial charge in [-0.15, -0.1) is 6.58 Å². The molecule has 0 heterocycles. The lowest BCUT2D eigenvalue weighted by Crippen LogP contribution is -2.03. The molecule has 112 valence electrons. The van der Waals surface area contributed by atoms with Gasteiger partial charge in [0, 0.05) is 5.56 Å². The van der Waals surface area contributed by atoms with E-state index in [4.69, 9.17) is 5.84 Å². The van der Waals surface area contributed by atoms with Crippen molar-refractivity contribution in [3.63, 3.8) is 0 Å². The van der Waals surface area contributed by atoms with Crippen molar-refractivity contribution >= 4 is 11.3 Å². The van der Waals surface area contributed by atoms with E-state index in [9.17, 15) is 0 Å². The fourth-order valence-corrected chi connectivity index (χ4v) is 2.28. The van der Waals surface area contributed by atoms with Crippen molar-refractivity contribution in [1.82, 2.24) is 0 Å². The summed E-state index contributed by atoms with van der Waals surface area (Å²) in [6, 6.07) is 8.25. The Hall–Kier alpha value is -2.09. The third kappa shape index (κ3) is 4.75. The van der Waals surface area contributed by atoms with E-state index in [1.165, 1.54) is 11.1 Å². The van der Waals surface area contributed by atoms with Crippen LogP contribution in [0.15, 0.2) is 60.2 Å². The summed E-state index contributed by atoms with van der Waals surface area (Å²) in [4.78, 5) is 0. The number of nitrogens with two attached hydrogens (primary N) is 1. The molecule has 0 amide bonds. The zero-order valence-electron chi connectivity index (χ0n) is 13.3. The van der Waals surface area contributed by atoms with Crippen LogP contribution in [0.4, 0.5) is 0 Å². The maximum atomic E-state index is 5.43. The van der Waals surface area contributed by atoms with Crippen molar-refractivity contribution in [3.8, 4) is 0 Å². The standard InChI is InChI=1S/C19H26N2/c1-5-16(6-2)11-10-12-17(7-3)19-14-9-8-13-18(19)15(4)21-20/h5,7-11,13-14,16H,1,6,12,20H2,2-4H3/b11-10-,17-7+,21-15+. The van der Waals surface area contributed by atoms with Gasteiger partial charge in [-0.05, 0) is 43.7 Å². The Bertz CT molecular complexity index is 550. The van der Waals surface area contributed by atoms with Gasteiger partial charge in [0.25, 0.3) is 0 Å². The van der Waals surface area contributed by atoms with Crippen molar-refractivity contribution in [1.29, 1.82) is 0 Å². The van der Waals surface area contributed by atoms with Crippen LogP contribution in [0.1, 0.15) is 44.7 Å². The fraction of sp³-hybridized carbons (Fsp3) is 0.316. The largest absolute Gasteiger partial charge is 0.323 e. The third-order valence-corrected chi connectivity index (χ3v) is 3.70. The molecular formula is C19H26N2. The smallest absolute Gasteiger partial charge is 0.0647 e. The highest BCUT2D eigenvalue weighted by molar-refractivity contribution is 6.02. The maximum absolute atomic E-state index is 5.43. The van der Waals surface area contributed by atoms with E-state index in [2.05, 4.69) is 62.0 Å². The van der Waals surface area contributed by atoms with Crippen molar-refractivity contribution in [3.05, 3.63) is 66.3 Å². The molecule has 0 aliphatic rings. The molecule has 1 aromatic carbocycles. The van der Waals surface area contributed by atoms with Gasteiger partial charge in [0.05, 0.1) is 5.71 Å². The second kappa shape index (κ2) is 8.96. The summed E-state index contributed by atoms with van der Waals surface area (Å²) in [5, 5.41) is 3.83. The minimum atomic E-state index is 0.450. The molecule has 2 nitrogen and oxygen atoms in total. The number of benzene rings is 1. The molecule has 0 saturated heterocycles. The van der Waals surface area contributed by atoms with E-state index < -0.39 is 0 Å². The van der Waals surface area contributed by atoms with Gasteiger partial charge in [-0.3, -0.25) is 0 Å². The lowest BCUT2D eigenvalue weighted by Gasteiger charge is -2.11. The molecule has 2 N–H and O–H groups in total. The van der Waals surface area contributed by atoms with Crippen LogP contribution in [-0.4, -0.2) is 5.71 Å². The highest BCUT2D eigenvalue weighted by Crippen LogP contribution is 2.24. The van der Waals surface area contributed by atoms with Crippen LogP contribution in [0, 0.1) is 5.92 Å². The maximum Gasteiger partial charge on any atom is 0.0647 e. The second-order valence-electron chi connectivity index (χ2n) is 5.01. The van der Waals surface area contributed by atoms with Crippen LogP contribution >= 0.6 is 0 Å². The van der Waals surface area contributed by atoms with Crippen molar-refractivity contribution < 1.29 is 0 Å². The van der Waals surface area contributed by atoms with Crippen molar-refractivity contribution in [2.24, 2.45) is 16.9 Å². The SMILES string of the molecule is C=CC(/C=C\C/C(=C\C)c1ccccc1/C(C)=N/N)CC. The van der Waals surface area contributed by atoms with Gasteiger partial charge in [0.15, 0.2) is 0 Å². The van der Waals surface area contributed by atoms with Crippen LogP contribution in [0.2, 0.25) is 0 Å². The molecule has 2 heteroatoms. The van der Waals surface area contributed by atoms with E-state index in [1.807, 2.05) is 19.1 Å². The predicted octanol–water partition coefficient (Wildman–Crippen LogP) is 4.93. The van der Waals surface area contributed by atoms with Gasteiger partial charge < -0.3 is 5.84 Å². The first-order valence-electron chi connectivity index (χ1n) is 7.46. The van der Waals surface area contributed by atoms with Crippen LogP contribution in [-0.2, 0) is 0 Å². The average Bonchev–Trinajstić information content (AvgIpc) is 2.54. The highest BCUT2D eigenvalue weighted by Gasteiger charge is 2.08. The van der Waals surface area contributed by atoms with E-state index in [0.29, 0.717) is 5.92 Å². The molecule has 0 aliphatic heterocycles. The van der Waals surface area contributed by atoms with E-state index in [1.54, 1.807) is 0 Å². The van der Waals surface area contributed by atoms with Gasteiger partial charge >= 0.3 is 0 Å². The predicted molar refractivity (Wildman–Crippen MR) is 94.2 cm³/mol. The van der Waals surface area contributed by atoms with Crippen LogP contribution in [0.5, 0.6) is 0 Å². The molecule has 1 unspecified atom stereocenters. The van der Waals surface area contributed by atoms with E-state index in [-0.39, 0.29) is 0 Å². The first kappa shape index (κ1) is 17.0. The van der Waals surface area contributed by atoms with E-state index >= 15 is 0 Å². The minimum absolute atomic E-state index is 0.450. The molecule has 0 bridgehead atoms. The Balaban J connectivity index is 3.00. The molecule has 0 fully saturated rings. The van der Waals surface area contributed by atoms with Crippen molar-refractivity contribution in [2.45, 2.75) is 33.6 Å². The van der Waals surface area contributed by atoms with Gasteiger partial charge in [0.2, 0.25) is 0 Å². The Morgan fingerprint density at radius 2 is 2.00 bits per heavy atom. The summed E-state index contributed by atoms with van der Waals surface area (Å²) in [6.45, 7) is 10.0. The molecular weight excluding hydrogens is 256 g/mol. The summed E-state index contributed by atoms with van der Waals surface area (Å²) in [7, 11) is 0. The molecule has 1 aromatic rings. The Morgan fingerprint density at radius 1 is 1.33 bits per heavy atom. The second-order valence-corrected chi connectivity index (χ2v) is 5.01. The summed E-state index contributed by atoms with van der Waals surface area (Å²) in [6.07, 6.45) is 10.6. The Morgan fingerprint density at radius 3 is 2.52 bits per heavy atom. The summed E-state index contributed by atoms with van der Waals surface area (Å²) >= 11 is 0. The molecule has 0 saturated carbocycles. The first-order chi connectivity index (χ1) is 10.2. The minimum Gasteiger partial charge on any atom is -0.323 e. The van der Waals surface area contributed by atoms with Gasteiger partial charge in [0.1, 0.15) is 0 Å². The number of hydrogen-bond acceptors (Lipinski definition) is 2. The lowest BCUT2D eigenvalue weighted by atomic mass is 9.94. The third-order valence-electron chi connectivity index (χ3n) is 3.70. The van der Waals surface area contributed by atoms with Crippen molar-refractivity contribution in [2.75, 3.05) is 0 Å². The molecule has 1 rings (SSSR count). The van der Waals surface area contributed by atoms with Gasteiger partial charge in [-0.1, -0.05) is 55.5 Å². The Labute approximate surface area is 128 Å². The number of rotatable bonds is 7.